The summed E-state index contributed by atoms with van der Waals surface area (Å²) in [6.07, 6.45) is 0.814. The van der Waals surface area contributed by atoms with Crippen molar-refractivity contribution >= 4 is 33.1 Å². The molecule has 4 nitrogen and oxygen atoms in total. The van der Waals surface area contributed by atoms with Gasteiger partial charge in [-0.3, -0.25) is 0 Å². The number of thioether (sulfide) groups is 1. The normalized spacial score (nSPS) is 13.7. The Morgan fingerprint density at radius 1 is 1.53 bits per heavy atom. The smallest absolute Gasteiger partial charge is 0.250 e. The van der Waals surface area contributed by atoms with E-state index in [0.717, 1.165) is 34.8 Å². The molecule has 0 saturated heterocycles. The molecule has 1 aromatic heterocycles. The quantitative estimate of drug-likeness (QED) is 0.721. The molecule has 0 amide bonds. The molecular weight excluding hydrogens is 302 g/mol. The van der Waals surface area contributed by atoms with E-state index in [1.807, 2.05) is 13.8 Å². The van der Waals surface area contributed by atoms with Gasteiger partial charge in [-0.25, -0.2) is 13.1 Å². The second kappa shape index (κ2) is 7.64. The third-order valence-corrected chi connectivity index (χ3v) is 6.88. The van der Waals surface area contributed by atoms with Crippen molar-refractivity contribution in [3.05, 3.63) is 16.5 Å². The summed E-state index contributed by atoms with van der Waals surface area (Å²) in [6, 6.07) is 1.54. The zero-order valence-corrected chi connectivity index (χ0v) is 13.9. The number of sulfonamides is 1. The maximum Gasteiger partial charge on any atom is 0.250 e. The number of rotatable bonds is 8. The number of aliphatic hydroxyl groups excluding tert-OH is 1. The van der Waals surface area contributed by atoms with Crippen LogP contribution < -0.4 is 4.72 Å². The average Bonchev–Trinajstić information content (AvgIpc) is 2.71. The third-order valence-electron chi connectivity index (χ3n) is 2.66. The second-order valence-corrected chi connectivity index (χ2v) is 8.81. The van der Waals surface area contributed by atoms with Crippen molar-refractivity contribution in [3.8, 4) is 0 Å². The van der Waals surface area contributed by atoms with E-state index in [1.54, 1.807) is 17.8 Å². The van der Waals surface area contributed by atoms with Crippen LogP contribution in [0.3, 0.4) is 0 Å². The molecule has 110 valence electrons. The Kier molecular flexibility index (Phi) is 6.82. The lowest BCUT2D eigenvalue weighted by atomic mass is 10.3. The van der Waals surface area contributed by atoms with Gasteiger partial charge in [0.1, 0.15) is 4.21 Å². The van der Waals surface area contributed by atoms with E-state index < -0.39 is 10.0 Å². The van der Waals surface area contributed by atoms with Crippen LogP contribution in [-0.2, 0) is 16.6 Å². The van der Waals surface area contributed by atoms with Crippen LogP contribution in [-0.4, -0.2) is 31.1 Å². The largest absolute Gasteiger partial charge is 0.391 e. The fourth-order valence-corrected chi connectivity index (χ4v) is 5.12. The van der Waals surface area contributed by atoms with E-state index in [1.165, 1.54) is 0 Å². The van der Waals surface area contributed by atoms with E-state index >= 15 is 0 Å². The van der Waals surface area contributed by atoms with Gasteiger partial charge in [-0.1, -0.05) is 6.92 Å². The van der Waals surface area contributed by atoms with E-state index in [9.17, 15) is 8.42 Å². The molecule has 0 saturated carbocycles. The van der Waals surface area contributed by atoms with Crippen molar-refractivity contribution in [1.29, 1.82) is 0 Å². The second-order valence-electron chi connectivity index (χ2n) is 4.34. The minimum Gasteiger partial charge on any atom is -0.391 e. The van der Waals surface area contributed by atoms with Crippen molar-refractivity contribution in [2.75, 3.05) is 11.5 Å². The molecule has 0 fully saturated rings. The van der Waals surface area contributed by atoms with Crippen LogP contribution in [0.15, 0.2) is 10.3 Å². The lowest BCUT2D eigenvalue weighted by molar-refractivity contribution is 0.285. The van der Waals surface area contributed by atoms with Gasteiger partial charge in [0, 0.05) is 10.9 Å². The van der Waals surface area contributed by atoms with Crippen molar-refractivity contribution < 1.29 is 13.5 Å². The average molecular weight is 324 g/mol. The molecule has 19 heavy (non-hydrogen) atoms. The highest BCUT2D eigenvalue weighted by molar-refractivity contribution is 7.99. The predicted molar refractivity (Wildman–Crippen MR) is 82.4 cm³/mol. The zero-order chi connectivity index (χ0) is 14.5. The molecule has 1 heterocycles. The molecule has 1 atom stereocenters. The predicted octanol–water partition coefficient (Wildman–Crippen LogP) is 2.36. The standard InChI is InChI=1S/C12H21NO3S3/c1-4-17-6-5-10(3)13-19(15,16)12-7-9(2)11(8-14)18-12/h7,10,13-14H,4-6,8H2,1-3H3. The first-order valence-electron chi connectivity index (χ1n) is 6.21. The van der Waals surface area contributed by atoms with E-state index in [-0.39, 0.29) is 16.9 Å². The molecule has 0 radical (unpaired) electrons. The van der Waals surface area contributed by atoms with Gasteiger partial charge >= 0.3 is 0 Å². The number of hydrogen-bond acceptors (Lipinski definition) is 5. The summed E-state index contributed by atoms with van der Waals surface area (Å²) in [7, 11) is -3.46. The van der Waals surface area contributed by atoms with Crippen molar-refractivity contribution in [2.24, 2.45) is 0 Å². The first-order chi connectivity index (χ1) is 8.90. The van der Waals surface area contributed by atoms with E-state index in [2.05, 4.69) is 11.6 Å². The summed E-state index contributed by atoms with van der Waals surface area (Å²) in [5.74, 6) is 2.00. The summed E-state index contributed by atoms with van der Waals surface area (Å²) in [5, 5.41) is 9.12. The highest BCUT2D eigenvalue weighted by atomic mass is 32.2. The molecule has 0 aliphatic carbocycles. The van der Waals surface area contributed by atoms with Crippen LogP contribution >= 0.6 is 23.1 Å². The third kappa shape index (κ3) is 5.07. The first-order valence-corrected chi connectivity index (χ1v) is 9.66. The Morgan fingerprint density at radius 2 is 2.21 bits per heavy atom. The van der Waals surface area contributed by atoms with Crippen LogP contribution in [0.25, 0.3) is 0 Å². The van der Waals surface area contributed by atoms with Crippen LogP contribution in [0.1, 0.15) is 30.7 Å². The molecule has 0 aliphatic rings. The number of thiophene rings is 1. The summed E-state index contributed by atoms with van der Waals surface area (Å²) < 4.78 is 27.3. The maximum atomic E-state index is 12.2. The van der Waals surface area contributed by atoms with Gasteiger partial charge < -0.3 is 5.11 Å². The van der Waals surface area contributed by atoms with Crippen molar-refractivity contribution in [3.63, 3.8) is 0 Å². The molecule has 1 aromatic rings. The van der Waals surface area contributed by atoms with Crippen LogP contribution in [0.5, 0.6) is 0 Å². The lowest BCUT2D eigenvalue weighted by Crippen LogP contribution is -2.32. The molecule has 1 rings (SSSR count). The molecule has 0 aliphatic heterocycles. The Labute approximate surface area is 123 Å². The summed E-state index contributed by atoms with van der Waals surface area (Å²) in [4.78, 5) is 0.703. The molecule has 0 bridgehead atoms. The molecule has 0 spiro atoms. The fourth-order valence-electron chi connectivity index (χ4n) is 1.56. The van der Waals surface area contributed by atoms with Gasteiger partial charge in [-0.05, 0) is 43.4 Å². The summed E-state index contributed by atoms with van der Waals surface area (Å²) in [5.41, 5.74) is 0.821. The topological polar surface area (TPSA) is 66.4 Å². The Balaban J connectivity index is 2.69. The van der Waals surface area contributed by atoms with Gasteiger partial charge in [-0.15, -0.1) is 11.3 Å². The van der Waals surface area contributed by atoms with Crippen LogP contribution in [0.2, 0.25) is 0 Å². The highest BCUT2D eigenvalue weighted by Gasteiger charge is 2.20. The van der Waals surface area contributed by atoms with Gasteiger partial charge in [0.2, 0.25) is 10.0 Å². The summed E-state index contributed by atoms with van der Waals surface area (Å²) in [6.45, 7) is 5.66. The maximum absolute atomic E-state index is 12.2. The van der Waals surface area contributed by atoms with Crippen molar-refractivity contribution in [1.82, 2.24) is 4.72 Å². The Hall–Kier alpha value is -0.0800. The molecule has 1 unspecified atom stereocenters. The lowest BCUT2D eigenvalue weighted by Gasteiger charge is -2.12. The number of aliphatic hydroxyl groups is 1. The summed E-state index contributed by atoms with van der Waals surface area (Å²) >= 11 is 2.93. The zero-order valence-electron chi connectivity index (χ0n) is 11.5. The SMILES string of the molecule is CCSCCC(C)NS(=O)(=O)c1cc(C)c(CO)s1. The van der Waals surface area contributed by atoms with Gasteiger partial charge in [-0.2, -0.15) is 11.8 Å². The molecular formula is C12H21NO3S3. The molecule has 7 heteroatoms. The molecule has 0 aromatic carbocycles. The van der Waals surface area contributed by atoms with E-state index in [0.29, 0.717) is 4.88 Å². The fraction of sp³-hybridized carbons (Fsp3) is 0.667. The number of hydrogen-bond donors (Lipinski definition) is 2. The first kappa shape index (κ1) is 17.0. The van der Waals surface area contributed by atoms with Crippen molar-refractivity contribution in [2.45, 2.75) is 44.0 Å². The number of nitrogens with one attached hydrogen (secondary N) is 1. The number of aryl methyl sites for hydroxylation is 1. The monoisotopic (exact) mass is 323 g/mol. The highest BCUT2D eigenvalue weighted by Crippen LogP contribution is 2.26. The minimum absolute atomic E-state index is 0.0796. The van der Waals surface area contributed by atoms with Crippen LogP contribution in [0, 0.1) is 6.92 Å². The van der Waals surface area contributed by atoms with Gasteiger partial charge in [0.05, 0.1) is 6.61 Å². The van der Waals surface area contributed by atoms with Gasteiger partial charge in [0.15, 0.2) is 0 Å². The Bertz CT molecular complexity index is 496. The van der Waals surface area contributed by atoms with Gasteiger partial charge in [0.25, 0.3) is 0 Å². The molecule has 2 N–H and O–H groups in total. The van der Waals surface area contributed by atoms with Crippen LogP contribution in [0.4, 0.5) is 0 Å². The van der Waals surface area contributed by atoms with E-state index in [4.69, 9.17) is 5.11 Å². The Morgan fingerprint density at radius 3 is 2.74 bits per heavy atom. The minimum atomic E-state index is -3.46.